The Bertz CT molecular complexity index is 369. The molecule has 1 saturated heterocycles. The first-order chi connectivity index (χ1) is 7.77. The SMILES string of the molecule is O=C(NC(=O)C1CCNCC1)c1cccs1. The van der Waals surface area contributed by atoms with Crippen LogP contribution >= 0.6 is 11.3 Å². The molecule has 1 aliphatic heterocycles. The summed E-state index contributed by atoms with van der Waals surface area (Å²) < 4.78 is 0. The lowest BCUT2D eigenvalue weighted by atomic mass is 9.97. The fourth-order valence-electron chi connectivity index (χ4n) is 1.77. The van der Waals surface area contributed by atoms with Gasteiger partial charge in [-0.1, -0.05) is 6.07 Å². The predicted octanol–water partition coefficient (Wildman–Crippen LogP) is 1.00. The number of hydrogen-bond donors (Lipinski definition) is 2. The zero-order valence-corrected chi connectivity index (χ0v) is 9.68. The van der Waals surface area contributed by atoms with E-state index in [1.165, 1.54) is 11.3 Å². The highest BCUT2D eigenvalue weighted by Crippen LogP contribution is 2.13. The lowest BCUT2D eigenvalue weighted by Crippen LogP contribution is -2.40. The van der Waals surface area contributed by atoms with Gasteiger partial charge in [-0.25, -0.2) is 0 Å². The Balaban J connectivity index is 1.89. The molecule has 2 N–H and O–H groups in total. The van der Waals surface area contributed by atoms with Gasteiger partial charge in [0.25, 0.3) is 5.91 Å². The quantitative estimate of drug-likeness (QED) is 0.756. The summed E-state index contributed by atoms with van der Waals surface area (Å²) >= 11 is 1.34. The number of imide groups is 1. The van der Waals surface area contributed by atoms with Crippen molar-refractivity contribution in [3.8, 4) is 0 Å². The number of rotatable bonds is 2. The molecular weight excluding hydrogens is 224 g/mol. The molecule has 0 atom stereocenters. The number of piperidine rings is 1. The minimum atomic E-state index is -0.279. The molecule has 0 unspecified atom stereocenters. The third kappa shape index (κ3) is 2.68. The molecule has 1 aromatic heterocycles. The third-order valence-corrected chi connectivity index (χ3v) is 3.56. The second-order valence-corrected chi connectivity index (χ2v) is 4.77. The molecule has 0 bridgehead atoms. The summed E-state index contributed by atoms with van der Waals surface area (Å²) in [5, 5.41) is 7.47. The van der Waals surface area contributed by atoms with Gasteiger partial charge in [-0.15, -0.1) is 11.3 Å². The number of carbonyl (C=O) groups is 2. The molecule has 1 aromatic rings. The zero-order chi connectivity index (χ0) is 11.4. The zero-order valence-electron chi connectivity index (χ0n) is 8.86. The van der Waals surface area contributed by atoms with Gasteiger partial charge in [0, 0.05) is 5.92 Å². The summed E-state index contributed by atoms with van der Waals surface area (Å²) in [5.74, 6) is -0.441. The van der Waals surface area contributed by atoms with Gasteiger partial charge >= 0.3 is 0 Å². The van der Waals surface area contributed by atoms with Crippen LogP contribution in [0, 0.1) is 5.92 Å². The summed E-state index contributed by atoms with van der Waals surface area (Å²) in [6.07, 6.45) is 1.62. The second kappa shape index (κ2) is 5.23. The largest absolute Gasteiger partial charge is 0.317 e. The smallest absolute Gasteiger partial charge is 0.267 e. The summed E-state index contributed by atoms with van der Waals surface area (Å²) in [6.45, 7) is 1.70. The van der Waals surface area contributed by atoms with Gasteiger partial charge in [0.2, 0.25) is 5.91 Å². The van der Waals surface area contributed by atoms with Crippen LogP contribution < -0.4 is 10.6 Å². The molecule has 4 nitrogen and oxygen atoms in total. The van der Waals surface area contributed by atoms with Crippen molar-refractivity contribution >= 4 is 23.2 Å². The number of carbonyl (C=O) groups excluding carboxylic acids is 2. The van der Waals surface area contributed by atoms with Crippen molar-refractivity contribution in [2.75, 3.05) is 13.1 Å². The predicted molar refractivity (Wildman–Crippen MR) is 62.4 cm³/mol. The van der Waals surface area contributed by atoms with E-state index in [0.29, 0.717) is 4.88 Å². The van der Waals surface area contributed by atoms with Gasteiger partial charge in [-0.3, -0.25) is 14.9 Å². The summed E-state index contributed by atoms with van der Waals surface area (Å²) in [6, 6.07) is 3.52. The van der Waals surface area contributed by atoms with Crippen molar-refractivity contribution in [2.24, 2.45) is 5.92 Å². The minimum Gasteiger partial charge on any atom is -0.317 e. The Labute approximate surface area is 98.0 Å². The first-order valence-electron chi connectivity index (χ1n) is 5.37. The maximum absolute atomic E-state index is 11.7. The van der Waals surface area contributed by atoms with E-state index < -0.39 is 0 Å². The third-order valence-electron chi connectivity index (χ3n) is 2.69. The summed E-state index contributed by atoms with van der Waals surface area (Å²) in [5.41, 5.74) is 0. The second-order valence-electron chi connectivity index (χ2n) is 3.82. The van der Waals surface area contributed by atoms with Gasteiger partial charge in [0.1, 0.15) is 0 Å². The molecule has 16 heavy (non-hydrogen) atoms. The molecule has 0 saturated carbocycles. The van der Waals surface area contributed by atoms with Crippen molar-refractivity contribution in [2.45, 2.75) is 12.8 Å². The van der Waals surface area contributed by atoms with Crippen LogP contribution in [0.2, 0.25) is 0 Å². The van der Waals surface area contributed by atoms with Gasteiger partial charge in [-0.2, -0.15) is 0 Å². The molecule has 0 spiro atoms. The minimum absolute atomic E-state index is 0.0230. The van der Waals surface area contributed by atoms with Crippen LogP contribution in [0.3, 0.4) is 0 Å². The topological polar surface area (TPSA) is 58.2 Å². The summed E-state index contributed by atoms with van der Waals surface area (Å²) in [4.78, 5) is 24.0. The maximum atomic E-state index is 11.7. The highest BCUT2D eigenvalue weighted by Gasteiger charge is 2.22. The van der Waals surface area contributed by atoms with Crippen LogP contribution in [0.4, 0.5) is 0 Å². The Morgan fingerprint density at radius 3 is 2.75 bits per heavy atom. The van der Waals surface area contributed by atoms with Crippen LogP contribution in [-0.4, -0.2) is 24.9 Å². The van der Waals surface area contributed by atoms with Crippen molar-refractivity contribution in [1.82, 2.24) is 10.6 Å². The van der Waals surface area contributed by atoms with E-state index in [4.69, 9.17) is 0 Å². The highest BCUT2D eigenvalue weighted by molar-refractivity contribution is 7.12. The molecule has 5 heteroatoms. The van der Waals surface area contributed by atoms with E-state index in [2.05, 4.69) is 10.6 Å². The number of thiophene rings is 1. The lowest BCUT2D eigenvalue weighted by molar-refractivity contribution is -0.124. The molecule has 2 amide bonds. The first kappa shape index (κ1) is 11.3. The van der Waals surface area contributed by atoms with Crippen LogP contribution in [0.5, 0.6) is 0 Å². The van der Waals surface area contributed by atoms with Gasteiger partial charge < -0.3 is 5.32 Å². The lowest BCUT2D eigenvalue weighted by Gasteiger charge is -2.21. The van der Waals surface area contributed by atoms with Crippen LogP contribution in [0.1, 0.15) is 22.5 Å². The Hall–Kier alpha value is -1.20. The first-order valence-corrected chi connectivity index (χ1v) is 6.25. The molecular formula is C11H14N2O2S. The molecule has 86 valence electrons. The molecule has 1 aliphatic rings. The number of nitrogens with one attached hydrogen (secondary N) is 2. The Kier molecular flexibility index (Phi) is 3.69. The average Bonchev–Trinajstić information content (AvgIpc) is 2.83. The van der Waals surface area contributed by atoms with Crippen LogP contribution in [-0.2, 0) is 4.79 Å². The van der Waals surface area contributed by atoms with Crippen molar-refractivity contribution < 1.29 is 9.59 Å². The average molecular weight is 238 g/mol. The van der Waals surface area contributed by atoms with Crippen molar-refractivity contribution in [3.05, 3.63) is 22.4 Å². The molecule has 0 aromatic carbocycles. The molecule has 2 heterocycles. The molecule has 0 radical (unpaired) electrons. The van der Waals surface area contributed by atoms with E-state index in [0.717, 1.165) is 25.9 Å². The Morgan fingerprint density at radius 2 is 2.12 bits per heavy atom. The molecule has 2 rings (SSSR count). The standard InChI is InChI=1S/C11H14N2O2S/c14-10(8-3-5-12-6-4-8)13-11(15)9-2-1-7-16-9/h1-2,7-8,12H,3-6H2,(H,13,14,15). The van der Waals surface area contributed by atoms with E-state index in [1.807, 2.05) is 5.38 Å². The normalized spacial score (nSPS) is 17.0. The van der Waals surface area contributed by atoms with E-state index in [1.54, 1.807) is 12.1 Å². The number of amides is 2. The summed E-state index contributed by atoms with van der Waals surface area (Å²) in [7, 11) is 0. The monoisotopic (exact) mass is 238 g/mol. The van der Waals surface area contributed by atoms with E-state index in [9.17, 15) is 9.59 Å². The fourth-order valence-corrected chi connectivity index (χ4v) is 2.39. The number of hydrogen-bond acceptors (Lipinski definition) is 4. The maximum Gasteiger partial charge on any atom is 0.267 e. The van der Waals surface area contributed by atoms with Gasteiger partial charge in [0.05, 0.1) is 4.88 Å². The van der Waals surface area contributed by atoms with Crippen LogP contribution in [0.25, 0.3) is 0 Å². The van der Waals surface area contributed by atoms with Gasteiger partial charge in [-0.05, 0) is 37.4 Å². The Morgan fingerprint density at radius 1 is 1.38 bits per heavy atom. The van der Waals surface area contributed by atoms with Gasteiger partial charge in [0.15, 0.2) is 0 Å². The highest BCUT2D eigenvalue weighted by atomic mass is 32.1. The van der Waals surface area contributed by atoms with Crippen molar-refractivity contribution in [3.63, 3.8) is 0 Å². The molecule has 0 aliphatic carbocycles. The van der Waals surface area contributed by atoms with E-state index in [-0.39, 0.29) is 17.7 Å². The fraction of sp³-hybridized carbons (Fsp3) is 0.455. The van der Waals surface area contributed by atoms with Crippen LogP contribution in [0.15, 0.2) is 17.5 Å². The van der Waals surface area contributed by atoms with E-state index >= 15 is 0 Å². The van der Waals surface area contributed by atoms with Crippen molar-refractivity contribution in [1.29, 1.82) is 0 Å². The molecule has 1 fully saturated rings.